The van der Waals surface area contributed by atoms with E-state index in [2.05, 4.69) is 15.3 Å². The minimum absolute atomic E-state index is 0.0423. The summed E-state index contributed by atoms with van der Waals surface area (Å²) in [6.45, 7) is 6.93. The fraction of sp³-hybridized carbons (Fsp3) is 0.375. The molecule has 4 aromatic rings. The third-order valence-corrected chi connectivity index (χ3v) is 5.82. The second-order valence-electron chi connectivity index (χ2n) is 8.91. The van der Waals surface area contributed by atoms with Crippen LogP contribution in [0, 0.1) is 0 Å². The number of hydrogen-bond acceptors (Lipinski definition) is 7. The van der Waals surface area contributed by atoms with E-state index in [0.717, 1.165) is 0 Å². The summed E-state index contributed by atoms with van der Waals surface area (Å²) in [6.07, 6.45) is 0. The summed E-state index contributed by atoms with van der Waals surface area (Å²) < 4.78 is 8.16. The van der Waals surface area contributed by atoms with E-state index in [1.165, 1.54) is 9.13 Å². The summed E-state index contributed by atoms with van der Waals surface area (Å²) in [4.78, 5) is 59.5. The standard InChI is InChI=1S/C24H28N6O5/c1-6-29-20-19(22(32)27-23(29)33)15(12-16(26-20)13(2)3)21(31)25-14-7-8-18-17(11-14)30(24(34)35-18)10-9-28(4)5/h7-8,11-13H,6,9-10H2,1-5H3,(H,25,31)(H,27,32,33). The van der Waals surface area contributed by atoms with Crippen molar-refractivity contribution in [2.24, 2.45) is 0 Å². The van der Waals surface area contributed by atoms with Crippen LogP contribution in [-0.2, 0) is 13.1 Å². The summed E-state index contributed by atoms with van der Waals surface area (Å²) in [7, 11) is 3.81. The van der Waals surface area contributed by atoms with Crippen LogP contribution in [0.4, 0.5) is 5.69 Å². The van der Waals surface area contributed by atoms with Crippen LogP contribution in [0.5, 0.6) is 0 Å². The van der Waals surface area contributed by atoms with Gasteiger partial charge in [-0.1, -0.05) is 13.8 Å². The number of likely N-dealkylation sites (N-methyl/N-ethyl adjacent to an activating group) is 1. The average Bonchev–Trinajstić information content (AvgIpc) is 3.11. The van der Waals surface area contributed by atoms with E-state index in [1.54, 1.807) is 31.2 Å². The van der Waals surface area contributed by atoms with Crippen LogP contribution in [-0.4, -0.2) is 50.5 Å². The molecule has 0 aliphatic heterocycles. The highest BCUT2D eigenvalue weighted by atomic mass is 16.4. The van der Waals surface area contributed by atoms with Crippen LogP contribution in [0.25, 0.3) is 22.1 Å². The molecule has 3 heterocycles. The normalized spacial score (nSPS) is 11.7. The summed E-state index contributed by atoms with van der Waals surface area (Å²) in [5.74, 6) is -1.05. The maximum atomic E-state index is 13.4. The molecule has 0 radical (unpaired) electrons. The number of aryl methyl sites for hydroxylation is 1. The fourth-order valence-corrected chi connectivity index (χ4v) is 3.91. The number of H-pyrrole nitrogens is 1. The molecule has 0 aliphatic rings. The van der Waals surface area contributed by atoms with Crippen molar-refractivity contribution in [3.63, 3.8) is 0 Å². The number of anilines is 1. The monoisotopic (exact) mass is 480 g/mol. The molecule has 0 spiro atoms. The van der Waals surface area contributed by atoms with E-state index in [4.69, 9.17) is 4.42 Å². The molecule has 11 nitrogen and oxygen atoms in total. The predicted octanol–water partition coefficient (Wildman–Crippen LogP) is 1.95. The maximum Gasteiger partial charge on any atom is 0.419 e. The lowest BCUT2D eigenvalue weighted by Gasteiger charge is -2.14. The number of pyridine rings is 1. The SMILES string of the molecule is CCn1c(=O)[nH]c(=O)c2c(C(=O)Nc3ccc4oc(=O)n(CCN(C)C)c4c3)cc(C(C)C)nc21. The number of carbonyl (C=O) groups excluding carboxylic acids is 1. The van der Waals surface area contributed by atoms with Crippen molar-refractivity contribution in [1.29, 1.82) is 0 Å². The van der Waals surface area contributed by atoms with Crippen LogP contribution in [0.1, 0.15) is 42.7 Å². The number of nitrogens with zero attached hydrogens (tertiary/aromatic N) is 4. The molecule has 2 N–H and O–H groups in total. The molecule has 35 heavy (non-hydrogen) atoms. The number of amides is 1. The van der Waals surface area contributed by atoms with Crippen LogP contribution < -0.4 is 22.3 Å². The lowest BCUT2D eigenvalue weighted by molar-refractivity contribution is 0.102. The molecule has 0 saturated carbocycles. The molecule has 0 atom stereocenters. The zero-order valence-electron chi connectivity index (χ0n) is 20.3. The number of aromatic nitrogens is 4. The highest BCUT2D eigenvalue weighted by molar-refractivity contribution is 6.12. The molecule has 3 aromatic heterocycles. The van der Waals surface area contributed by atoms with E-state index < -0.39 is 22.9 Å². The minimum atomic E-state index is -0.675. The van der Waals surface area contributed by atoms with Gasteiger partial charge >= 0.3 is 11.4 Å². The Morgan fingerprint density at radius 2 is 1.91 bits per heavy atom. The van der Waals surface area contributed by atoms with Crippen LogP contribution >= 0.6 is 0 Å². The Labute approximate surface area is 200 Å². The highest BCUT2D eigenvalue weighted by Gasteiger charge is 2.21. The smallest absolute Gasteiger partial charge is 0.408 e. The van der Waals surface area contributed by atoms with Gasteiger partial charge in [-0.15, -0.1) is 0 Å². The molecule has 11 heteroatoms. The molecule has 184 valence electrons. The van der Waals surface area contributed by atoms with Gasteiger partial charge in [0.1, 0.15) is 0 Å². The van der Waals surface area contributed by atoms with E-state index in [9.17, 15) is 19.2 Å². The van der Waals surface area contributed by atoms with E-state index in [0.29, 0.717) is 35.6 Å². The minimum Gasteiger partial charge on any atom is -0.408 e. The van der Waals surface area contributed by atoms with Crippen molar-refractivity contribution in [1.82, 2.24) is 24.0 Å². The Balaban J connectivity index is 1.81. The average molecular weight is 481 g/mol. The molecule has 0 fully saturated rings. The van der Waals surface area contributed by atoms with Crippen LogP contribution in [0.3, 0.4) is 0 Å². The molecule has 1 amide bonds. The molecule has 0 aliphatic carbocycles. The van der Waals surface area contributed by atoms with E-state index in [1.807, 2.05) is 32.8 Å². The van der Waals surface area contributed by atoms with Crippen molar-refractivity contribution in [2.45, 2.75) is 39.8 Å². The number of benzene rings is 1. The van der Waals surface area contributed by atoms with Gasteiger partial charge in [-0.25, -0.2) is 14.6 Å². The van der Waals surface area contributed by atoms with Gasteiger partial charge in [0.05, 0.1) is 16.5 Å². The highest BCUT2D eigenvalue weighted by Crippen LogP contribution is 2.23. The van der Waals surface area contributed by atoms with Crippen molar-refractivity contribution in [2.75, 3.05) is 26.0 Å². The van der Waals surface area contributed by atoms with Gasteiger partial charge in [0, 0.05) is 31.0 Å². The van der Waals surface area contributed by atoms with Gasteiger partial charge in [-0.3, -0.25) is 23.7 Å². The summed E-state index contributed by atoms with van der Waals surface area (Å²) in [5, 5.41) is 2.86. The number of carbonyl (C=O) groups is 1. The van der Waals surface area contributed by atoms with Gasteiger partial charge in [0.25, 0.3) is 11.5 Å². The Kier molecular flexibility index (Phi) is 6.44. The van der Waals surface area contributed by atoms with Crippen LogP contribution in [0.2, 0.25) is 0 Å². The molecular formula is C24H28N6O5. The van der Waals surface area contributed by atoms with Crippen molar-refractivity contribution in [3.05, 3.63) is 66.9 Å². The van der Waals surface area contributed by atoms with Gasteiger partial charge in [0.15, 0.2) is 11.2 Å². The van der Waals surface area contributed by atoms with Gasteiger partial charge in [0.2, 0.25) is 0 Å². The van der Waals surface area contributed by atoms with Crippen molar-refractivity contribution >= 4 is 33.7 Å². The molecule has 4 rings (SSSR count). The number of hydrogen-bond donors (Lipinski definition) is 2. The Bertz CT molecular complexity index is 1610. The number of aromatic amines is 1. The Morgan fingerprint density at radius 3 is 2.57 bits per heavy atom. The van der Waals surface area contributed by atoms with Crippen LogP contribution in [0.15, 0.2) is 43.1 Å². The molecule has 1 aromatic carbocycles. The number of oxazole rings is 1. The lowest BCUT2D eigenvalue weighted by atomic mass is 10.0. The van der Waals surface area contributed by atoms with Gasteiger partial charge in [-0.2, -0.15) is 0 Å². The third-order valence-electron chi connectivity index (χ3n) is 5.82. The van der Waals surface area contributed by atoms with E-state index >= 15 is 0 Å². The van der Waals surface area contributed by atoms with Gasteiger partial charge < -0.3 is 14.6 Å². The molecule has 0 unspecified atom stereocenters. The first kappa shape index (κ1) is 24.1. The fourth-order valence-electron chi connectivity index (χ4n) is 3.91. The summed E-state index contributed by atoms with van der Waals surface area (Å²) >= 11 is 0. The largest absolute Gasteiger partial charge is 0.419 e. The summed E-state index contributed by atoms with van der Waals surface area (Å²) in [6, 6.07) is 6.47. The molecule has 0 saturated heterocycles. The third kappa shape index (κ3) is 4.54. The number of fused-ring (bicyclic) bond motifs is 2. The molecular weight excluding hydrogens is 452 g/mol. The van der Waals surface area contributed by atoms with Crippen molar-refractivity contribution in [3.8, 4) is 0 Å². The first-order valence-corrected chi connectivity index (χ1v) is 11.4. The maximum absolute atomic E-state index is 13.4. The number of rotatable bonds is 7. The Morgan fingerprint density at radius 1 is 1.17 bits per heavy atom. The van der Waals surface area contributed by atoms with Crippen molar-refractivity contribution < 1.29 is 9.21 Å². The lowest BCUT2D eigenvalue weighted by Crippen LogP contribution is -2.32. The second-order valence-corrected chi connectivity index (χ2v) is 8.91. The summed E-state index contributed by atoms with van der Waals surface area (Å²) in [5.41, 5.74) is 0.994. The second kappa shape index (κ2) is 9.34. The topological polar surface area (TPSA) is 135 Å². The first-order chi connectivity index (χ1) is 16.6. The first-order valence-electron chi connectivity index (χ1n) is 11.4. The zero-order chi connectivity index (χ0) is 25.4. The number of nitrogens with one attached hydrogen (secondary N) is 2. The zero-order valence-corrected chi connectivity index (χ0v) is 20.3. The Hall–Kier alpha value is -3.99. The van der Waals surface area contributed by atoms with E-state index in [-0.39, 0.29) is 29.1 Å². The molecule has 0 bridgehead atoms. The van der Waals surface area contributed by atoms with Gasteiger partial charge in [-0.05, 0) is 51.2 Å². The predicted molar refractivity (Wildman–Crippen MR) is 133 cm³/mol. The quantitative estimate of drug-likeness (QED) is 0.413.